The van der Waals surface area contributed by atoms with Gasteiger partial charge in [0.05, 0.1) is 16.8 Å². The number of nitrogens with zero attached hydrogens (tertiary/aromatic N) is 2. The third-order valence-electron chi connectivity index (χ3n) is 13.3. The quantitative estimate of drug-likeness (QED) is 0.132. The standard InChI is InChI=1S/C59H36N2/c1-2-16-37(17-3-1)41-20-8-9-26-47(41)56-36-55(60-58(61-56)57-43-22-7-5-19-39(43)34-49-42-21-6-4-18-38(42)30-32-48(49)57)40-31-33-54-50(35-40)46-25-12-15-29-53(46)59(54)51-27-13-10-23-44(51)45-24-11-14-28-52(45)59/h1-36H. The number of rotatable bonds is 4. The van der Waals surface area contributed by atoms with Gasteiger partial charge >= 0.3 is 0 Å². The van der Waals surface area contributed by atoms with Crippen LogP contribution in [0.2, 0.25) is 0 Å². The van der Waals surface area contributed by atoms with E-state index in [1.807, 2.05) is 0 Å². The highest BCUT2D eigenvalue weighted by molar-refractivity contribution is 6.19. The first-order valence-corrected chi connectivity index (χ1v) is 21.1. The minimum absolute atomic E-state index is 0.404. The van der Waals surface area contributed by atoms with Crippen LogP contribution in [0.25, 0.3) is 99.6 Å². The van der Waals surface area contributed by atoms with E-state index in [9.17, 15) is 0 Å². The Bertz CT molecular complexity index is 3560. The minimum Gasteiger partial charge on any atom is -0.228 e. The van der Waals surface area contributed by atoms with Crippen LogP contribution in [0.4, 0.5) is 0 Å². The minimum atomic E-state index is -0.404. The molecule has 0 saturated heterocycles. The summed E-state index contributed by atoms with van der Waals surface area (Å²) in [4.78, 5) is 11.2. The van der Waals surface area contributed by atoms with E-state index >= 15 is 0 Å². The van der Waals surface area contributed by atoms with Gasteiger partial charge in [0, 0.05) is 16.7 Å². The van der Waals surface area contributed by atoms with Gasteiger partial charge < -0.3 is 0 Å². The molecule has 0 radical (unpaired) electrons. The molecule has 0 fully saturated rings. The van der Waals surface area contributed by atoms with Gasteiger partial charge in [-0.15, -0.1) is 0 Å². The van der Waals surface area contributed by atoms with Gasteiger partial charge in [-0.1, -0.05) is 200 Å². The number of hydrogen-bond acceptors (Lipinski definition) is 2. The predicted octanol–water partition coefficient (Wildman–Crippen LogP) is 14.9. The Morgan fingerprint density at radius 3 is 1.54 bits per heavy atom. The lowest BCUT2D eigenvalue weighted by Gasteiger charge is -2.30. The fourth-order valence-corrected chi connectivity index (χ4v) is 10.7. The van der Waals surface area contributed by atoms with Gasteiger partial charge in [-0.3, -0.25) is 0 Å². The summed E-state index contributed by atoms with van der Waals surface area (Å²) in [6.07, 6.45) is 0. The Labute approximate surface area is 354 Å². The summed E-state index contributed by atoms with van der Waals surface area (Å²) >= 11 is 0. The molecule has 2 aliphatic rings. The maximum Gasteiger partial charge on any atom is 0.161 e. The average Bonchev–Trinajstić information content (AvgIpc) is 3.80. The zero-order chi connectivity index (χ0) is 40.1. The van der Waals surface area contributed by atoms with Gasteiger partial charge in [-0.2, -0.15) is 0 Å². The molecule has 10 aromatic carbocycles. The Kier molecular flexibility index (Phi) is 7.26. The lowest BCUT2D eigenvalue weighted by atomic mass is 9.70. The molecular weight excluding hydrogens is 737 g/mol. The summed E-state index contributed by atoms with van der Waals surface area (Å²) in [6.45, 7) is 0. The van der Waals surface area contributed by atoms with E-state index in [2.05, 4.69) is 218 Å². The molecule has 0 saturated carbocycles. The SMILES string of the molecule is c1ccc(-c2ccccc2-c2cc(-c3ccc4c(c3)-c3ccccc3C43c4ccccc4-c4ccccc43)nc(-c3c4ccccc4cc4c3ccc3ccccc34)n2)cc1. The molecule has 61 heavy (non-hydrogen) atoms. The van der Waals surface area contributed by atoms with Crippen molar-refractivity contribution in [1.82, 2.24) is 9.97 Å². The second kappa shape index (κ2) is 13.0. The third-order valence-corrected chi connectivity index (χ3v) is 13.3. The zero-order valence-electron chi connectivity index (χ0n) is 33.2. The molecule has 0 atom stereocenters. The molecular formula is C59H36N2. The van der Waals surface area contributed by atoms with E-state index in [1.54, 1.807) is 0 Å². The molecule has 11 aromatic rings. The third kappa shape index (κ3) is 4.85. The van der Waals surface area contributed by atoms with Crippen LogP contribution in [0.15, 0.2) is 218 Å². The van der Waals surface area contributed by atoms with Gasteiger partial charge in [-0.05, 0) is 106 Å². The van der Waals surface area contributed by atoms with Crippen molar-refractivity contribution >= 4 is 32.3 Å². The van der Waals surface area contributed by atoms with E-state index in [0.717, 1.165) is 55.4 Å². The largest absolute Gasteiger partial charge is 0.228 e. The lowest BCUT2D eigenvalue weighted by molar-refractivity contribution is 0.794. The van der Waals surface area contributed by atoms with Gasteiger partial charge in [0.2, 0.25) is 0 Å². The van der Waals surface area contributed by atoms with Gasteiger partial charge in [0.15, 0.2) is 5.82 Å². The van der Waals surface area contributed by atoms with Crippen LogP contribution in [0.1, 0.15) is 22.3 Å². The van der Waals surface area contributed by atoms with Crippen molar-refractivity contribution in [3.05, 3.63) is 241 Å². The summed E-state index contributed by atoms with van der Waals surface area (Å²) in [5, 5.41) is 7.07. The lowest BCUT2D eigenvalue weighted by Crippen LogP contribution is -2.25. The predicted molar refractivity (Wildman–Crippen MR) is 253 cm³/mol. The van der Waals surface area contributed by atoms with E-state index in [1.165, 1.54) is 60.7 Å². The van der Waals surface area contributed by atoms with Gasteiger partial charge in [0.25, 0.3) is 0 Å². The van der Waals surface area contributed by atoms with E-state index in [0.29, 0.717) is 5.82 Å². The second-order valence-corrected chi connectivity index (χ2v) is 16.4. The van der Waals surface area contributed by atoms with Crippen LogP contribution < -0.4 is 0 Å². The maximum atomic E-state index is 5.61. The molecule has 0 unspecified atom stereocenters. The first-order chi connectivity index (χ1) is 30.3. The molecule has 2 nitrogen and oxygen atoms in total. The van der Waals surface area contributed by atoms with Crippen molar-refractivity contribution < 1.29 is 0 Å². The van der Waals surface area contributed by atoms with Crippen LogP contribution in [0, 0.1) is 0 Å². The molecule has 2 aliphatic carbocycles. The highest BCUT2D eigenvalue weighted by Crippen LogP contribution is 2.63. The van der Waals surface area contributed by atoms with Crippen LogP contribution in [0.3, 0.4) is 0 Å². The summed E-state index contributed by atoms with van der Waals surface area (Å²) in [7, 11) is 0. The Hall–Kier alpha value is -7.94. The molecule has 1 heterocycles. The van der Waals surface area contributed by atoms with Crippen molar-refractivity contribution in [2.24, 2.45) is 0 Å². The first kappa shape index (κ1) is 34.0. The highest BCUT2D eigenvalue weighted by atomic mass is 14.9. The van der Waals surface area contributed by atoms with Crippen LogP contribution in [-0.4, -0.2) is 9.97 Å². The fraction of sp³-hybridized carbons (Fsp3) is 0.0169. The topological polar surface area (TPSA) is 25.8 Å². The molecule has 0 amide bonds. The Morgan fingerprint density at radius 1 is 0.279 bits per heavy atom. The second-order valence-electron chi connectivity index (χ2n) is 16.4. The number of fused-ring (bicyclic) bond motifs is 14. The number of benzene rings is 10. The van der Waals surface area contributed by atoms with E-state index < -0.39 is 5.41 Å². The molecule has 282 valence electrons. The maximum absolute atomic E-state index is 5.61. The normalized spacial score (nSPS) is 13.0. The monoisotopic (exact) mass is 772 g/mol. The smallest absolute Gasteiger partial charge is 0.161 e. The van der Waals surface area contributed by atoms with Crippen molar-refractivity contribution in [3.8, 4) is 67.3 Å². The van der Waals surface area contributed by atoms with Crippen molar-refractivity contribution in [3.63, 3.8) is 0 Å². The van der Waals surface area contributed by atoms with Crippen molar-refractivity contribution in [1.29, 1.82) is 0 Å². The molecule has 1 spiro atoms. The molecule has 0 aliphatic heterocycles. The van der Waals surface area contributed by atoms with Crippen molar-refractivity contribution in [2.75, 3.05) is 0 Å². The number of hydrogen-bond donors (Lipinski definition) is 0. The summed E-state index contributed by atoms with van der Waals surface area (Å²) in [5.74, 6) is 0.712. The van der Waals surface area contributed by atoms with Gasteiger partial charge in [0.1, 0.15) is 0 Å². The molecule has 2 heteroatoms. The van der Waals surface area contributed by atoms with Gasteiger partial charge in [-0.25, -0.2) is 9.97 Å². The number of aromatic nitrogens is 2. The van der Waals surface area contributed by atoms with Crippen LogP contribution in [-0.2, 0) is 5.41 Å². The van der Waals surface area contributed by atoms with Crippen LogP contribution in [0.5, 0.6) is 0 Å². The summed E-state index contributed by atoms with van der Waals surface area (Å²) in [6, 6.07) is 79.7. The fourth-order valence-electron chi connectivity index (χ4n) is 10.7. The first-order valence-electron chi connectivity index (χ1n) is 21.1. The van der Waals surface area contributed by atoms with Crippen LogP contribution >= 0.6 is 0 Å². The summed E-state index contributed by atoms with van der Waals surface area (Å²) < 4.78 is 0. The molecule has 0 bridgehead atoms. The summed E-state index contributed by atoms with van der Waals surface area (Å²) in [5.41, 5.74) is 17.3. The van der Waals surface area contributed by atoms with Crippen molar-refractivity contribution in [2.45, 2.75) is 5.41 Å². The average molecular weight is 773 g/mol. The molecule has 1 aromatic heterocycles. The zero-order valence-corrected chi connectivity index (χ0v) is 33.2. The van der Waals surface area contributed by atoms with E-state index in [-0.39, 0.29) is 0 Å². The highest BCUT2D eigenvalue weighted by Gasteiger charge is 2.51. The van der Waals surface area contributed by atoms with E-state index in [4.69, 9.17) is 9.97 Å². The Morgan fingerprint density at radius 2 is 0.820 bits per heavy atom. The molecule has 0 N–H and O–H groups in total. The molecule has 13 rings (SSSR count). The Balaban J connectivity index is 1.10.